The molecule has 138 valence electrons. The zero-order chi connectivity index (χ0) is 18.6. The summed E-state index contributed by atoms with van der Waals surface area (Å²) in [4.78, 5) is 15.0. The van der Waals surface area contributed by atoms with Crippen LogP contribution in [0.5, 0.6) is 0 Å². The number of hydrogen-bond donors (Lipinski definition) is 1. The summed E-state index contributed by atoms with van der Waals surface area (Å²) in [5.74, 6) is 0.236. The summed E-state index contributed by atoms with van der Waals surface area (Å²) in [6.45, 7) is 2.87. The van der Waals surface area contributed by atoms with Crippen LogP contribution in [0.3, 0.4) is 0 Å². The van der Waals surface area contributed by atoms with Crippen molar-refractivity contribution in [3.63, 3.8) is 0 Å². The SMILES string of the molecule is O=C(Nc1ccc(Br)cc1)C1CCN(Cc2cccc3ccccc23)CC1. The molecule has 0 saturated carbocycles. The van der Waals surface area contributed by atoms with Crippen molar-refractivity contribution in [3.8, 4) is 0 Å². The fraction of sp³-hybridized carbons (Fsp3) is 0.261. The van der Waals surface area contributed by atoms with Crippen LogP contribution >= 0.6 is 15.9 Å². The highest BCUT2D eigenvalue weighted by Gasteiger charge is 2.25. The molecule has 4 heteroatoms. The highest BCUT2D eigenvalue weighted by atomic mass is 79.9. The normalized spacial score (nSPS) is 15.7. The minimum Gasteiger partial charge on any atom is -0.326 e. The van der Waals surface area contributed by atoms with Crippen molar-refractivity contribution in [1.82, 2.24) is 4.90 Å². The van der Waals surface area contributed by atoms with Gasteiger partial charge in [-0.3, -0.25) is 9.69 Å². The molecule has 0 aromatic heterocycles. The van der Waals surface area contributed by atoms with Crippen LogP contribution in [0.15, 0.2) is 71.2 Å². The number of carbonyl (C=O) groups excluding carboxylic acids is 1. The van der Waals surface area contributed by atoms with E-state index in [9.17, 15) is 4.79 Å². The summed E-state index contributed by atoms with van der Waals surface area (Å²) < 4.78 is 1.02. The van der Waals surface area contributed by atoms with Gasteiger partial charge in [-0.05, 0) is 66.5 Å². The number of hydrogen-bond acceptors (Lipinski definition) is 2. The predicted octanol–water partition coefficient (Wildman–Crippen LogP) is 5.45. The summed E-state index contributed by atoms with van der Waals surface area (Å²) in [5.41, 5.74) is 2.23. The van der Waals surface area contributed by atoms with E-state index in [4.69, 9.17) is 0 Å². The molecule has 3 nitrogen and oxygen atoms in total. The fourth-order valence-electron chi connectivity index (χ4n) is 3.80. The molecule has 4 rings (SSSR count). The van der Waals surface area contributed by atoms with E-state index in [-0.39, 0.29) is 11.8 Å². The van der Waals surface area contributed by atoms with Gasteiger partial charge in [-0.2, -0.15) is 0 Å². The van der Waals surface area contributed by atoms with Crippen LogP contribution in [0.2, 0.25) is 0 Å². The van der Waals surface area contributed by atoms with E-state index in [0.717, 1.165) is 42.6 Å². The number of nitrogens with one attached hydrogen (secondary N) is 1. The zero-order valence-corrected chi connectivity index (χ0v) is 16.8. The van der Waals surface area contributed by atoms with Crippen molar-refractivity contribution >= 4 is 38.3 Å². The molecular formula is C23H23BrN2O. The Morgan fingerprint density at radius 3 is 2.44 bits per heavy atom. The lowest BCUT2D eigenvalue weighted by molar-refractivity contribution is -0.121. The lowest BCUT2D eigenvalue weighted by Gasteiger charge is -2.31. The van der Waals surface area contributed by atoms with E-state index in [0.29, 0.717) is 0 Å². The fourth-order valence-corrected chi connectivity index (χ4v) is 4.07. The molecule has 0 radical (unpaired) electrons. The summed E-state index contributed by atoms with van der Waals surface area (Å²) in [6.07, 6.45) is 1.82. The Morgan fingerprint density at radius 1 is 0.963 bits per heavy atom. The van der Waals surface area contributed by atoms with Gasteiger partial charge in [-0.25, -0.2) is 0 Å². The molecule has 1 aliphatic heterocycles. The number of benzene rings is 3. The Morgan fingerprint density at radius 2 is 1.67 bits per heavy atom. The summed E-state index contributed by atoms with van der Waals surface area (Å²) >= 11 is 3.42. The number of carbonyl (C=O) groups is 1. The van der Waals surface area contributed by atoms with Gasteiger partial charge in [-0.1, -0.05) is 58.4 Å². The number of piperidine rings is 1. The number of likely N-dealkylation sites (tertiary alicyclic amines) is 1. The highest BCUT2D eigenvalue weighted by molar-refractivity contribution is 9.10. The second-order valence-corrected chi connectivity index (χ2v) is 8.10. The first-order valence-corrected chi connectivity index (χ1v) is 10.2. The Labute approximate surface area is 168 Å². The van der Waals surface area contributed by atoms with Crippen LogP contribution in [-0.2, 0) is 11.3 Å². The van der Waals surface area contributed by atoms with Crippen LogP contribution < -0.4 is 5.32 Å². The van der Waals surface area contributed by atoms with Crippen LogP contribution in [0.4, 0.5) is 5.69 Å². The number of fused-ring (bicyclic) bond motifs is 1. The van der Waals surface area contributed by atoms with E-state index >= 15 is 0 Å². The maximum atomic E-state index is 12.6. The number of rotatable bonds is 4. The molecule has 0 aliphatic carbocycles. The van der Waals surface area contributed by atoms with E-state index in [1.165, 1.54) is 16.3 Å². The van der Waals surface area contributed by atoms with Gasteiger partial charge in [0.25, 0.3) is 0 Å². The summed E-state index contributed by atoms with van der Waals surface area (Å²) in [7, 11) is 0. The lowest BCUT2D eigenvalue weighted by Crippen LogP contribution is -2.37. The Kier molecular flexibility index (Phi) is 5.55. The first-order chi connectivity index (χ1) is 13.2. The Balaban J connectivity index is 1.34. The number of amides is 1. The molecule has 1 N–H and O–H groups in total. The molecule has 1 saturated heterocycles. The highest BCUT2D eigenvalue weighted by Crippen LogP contribution is 2.24. The molecule has 3 aromatic rings. The Bertz CT molecular complexity index is 925. The van der Waals surface area contributed by atoms with Crippen LogP contribution in [-0.4, -0.2) is 23.9 Å². The van der Waals surface area contributed by atoms with E-state index in [1.54, 1.807) is 0 Å². The van der Waals surface area contributed by atoms with Crippen molar-refractivity contribution in [3.05, 3.63) is 76.8 Å². The lowest BCUT2D eigenvalue weighted by atomic mass is 9.95. The zero-order valence-electron chi connectivity index (χ0n) is 15.2. The topological polar surface area (TPSA) is 32.3 Å². The molecule has 0 spiro atoms. The van der Waals surface area contributed by atoms with Gasteiger partial charge < -0.3 is 5.32 Å². The molecule has 1 aliphatic rings. The second-order valence-electron chi connectivity index (χ2n) is 7.18. The average molecular weight is 423 g/mol. The minimum absolute atomic E-state index is 0.0948. The maximum Gasteiger partial charge on any atom is 0.227 e. The average Bonchev–Trinajstić information content (AvgIpc) is 2.70. The first kappa shape index (κ1) is 18.2. The second kappa shape index (κ2) is 8.24. The van der Waals surface area contributed by atoms with Crippen LogP contribution in [0.1, 0.15) is 18.4 Å². The van der Waals surface area contributed by atoms with Crippen molar-refractivity contribution in [1.29, 1.82) is 0 Å². The molecule has 0 bridgehead atoms. The third-order valence-electron chi connectivity index (χ3n) is 5.34. The molecule has 0 unspecified atom stereocenters. The smallest absolute Gasteiger partial charge is 0.227 e. The van der Waals surface area contributed by atoms with E-state index in [1.807, 2.05) is 24.3 Å². The molecular weight excluding hydrogens is 400 g/mol. The van der Waals surface area contributed by atoms with Gasteiger partial charge in [-0.15, -0.1) is 0 Å². The van der Waals surface area contributed by atoms with Gasteiger partial charge in [0.2, 0.25) is 5.91 Å². The standard InChI is InChI=1S/C23H23BrN2O/c24-20-8-10-21(11-9-20)25-23(27)18-12-14-26(15-13-18)16-19-6-3-5-17-4-1-2-7-22(17)19/h1-11,18H,12-16H2,(H,25,27). The van der Waals surface area contributed by atoms with Gasteiger partial charge in [0.05, 0.1) is 0 Å². The molecule has 1 amide bonds. The Hall–Kier alpha value is -2.17. The van der Waals surface area contributed by atoms with Crippen molar-refractivity contribution in [2.45, 2.75) is 19.4 Å². The van der Waals surface area contributed by atoms with Crippen molar-refractivity contribution in [2.75, 3.05) is 18.4 Å². The van der Waals surface area contributed by atoms with E-state index < -0.39 is 0 Å². The van der Waals surface area contributed by atoms with E-state index in [2.05, 4.69) is 68.6 Å². The molecule has 0 atom stereocenters. The third kappa shape index (κ3) is 4.40. The summed E-state index contributed by atoms with van der Waals surface area (Å²) in [5, 5.41) is 5.67. The maximum absolute atomic E-state index is 12.6. The van der Waals surface area contributed by atoms with Crippen LogP contribution in [0.25, 0.3) is 10.8 Å². The van der Waals surface area contributed by atoms with Gasteiger partial charge >= 0.3 is 0 Å². The number of halogens is 1. The number of anilines is 1. The third-order valence-corrected chi connectivity index (χ3v) is 5.87. The van der Waals surface area contributed by atoms with Crippen LogP contribution in [0, 0.1) is 5.92 Å². The van der Waals surface area contributed by atoms with Gasteiger partial charge in [0, 0.05) is 22.6 Å². The predicted molar refractivity (Wildman–Crippen MR) is 115 cm³/mol. The largest absolute Gasteiger partial charge is 0.326 e. The quantitative estimate of drug-likeness (QED) is 0.605. The van der Waals surface area contributed by atoms with Gasteiger partial charge in [0.15, 0.2) is 0 Å². The monoisotopic (exact) mass is 422 g/mol. The van der Waals surface area contributed by atoms with Crippen molar-refractivity contribution < 1.29 is 4.79 Å². The molecule has 3 aromatic carbocycles. The van der Waals surface area contributed by atoms with Gasteiger partial charge in [0.1, 0.15) is 0 Å². The van der Waals surface area contributed by atoms with Crippen molar-refractivity contribution in [2.24, 2.45) is 5.92 Å². The summed E-state index contributed by atoms with van der Waals surface area (Å²) in [6, 6.07) is 22.8. The minimum atomic E-state index is 0.0948. The first-order valence-electron chi connectivity index (χ1n) is 9.44. The molecule has 1 fully saturated rings. The molecule has 27 heavy (non-hydrogen) atoms. The number of nitrogens with zero attached hydrogens (tertiary/aromatic N) is 1. The molecule has 1 heterocycles.